The summed E-state index contributed by atoms with van der Waals surface area (Å²) >= 11 is 0. The Hall–Kier alpha value is -1.79. The fourth-order valence-electron chi connectivity index (χ4n) is 3.39. The largest absolute Gasteiger partial charge is 0.497 e. The number of methoxy groups -OCH3 is 1. The van der Waals surface area contributed by atoms with Crippen molar-refractivity contribution in [2.75, 3.05) is 57.9 Å². The molecule has 0 saturated carbocycles. The molecule has 2 aliphatic rings. The van der Waals surface area contributed by atoms with Crippen molar-refractivity contribution >= 4 is 11.6 Å². The number of nitrogens with one attached hydrogen (secondary N) is 2. The maximum atomic E-state index is 12.1. The average Bonchev–Trinajstić information content (AvgIpc) is 3.14. The van der Waals surface area contributed by atoms with Crippen molar-refractivity contribution in [1.29, 1.82) is 0 Å². The Morgan fingerprint density at radius 3 is 2.96 bits per heavy atom. The molecule has 1 aromatic rings. The number of amides is 1. The van der Waals surface area contributed by atoms with Crippen LogP contribution in [0.2, 0.25) is 0 Å². The minimum atomic E-state index is 0.135. The van der Waals surface area contributed by atoms with Gasteiger partial charge in [0.25, 0.3) is 5.91 Å². The Balaban J connectivity index is 1.40. The van der Waals surface area contributed by atoms with Crippen LogP contribution in [-0.4, -0.2) is 65.0 Å². The lowest BCUT2D eigenvalue weighted by atomic mass is 10.2. The van der Waals surface area contributed by atoms with Gasteiger partial charge in [0.05, 0.1) is 39.4 Å². The van der Waals surface area contributed by atoms with E-state index in [1.54, 1.807) is 7.11 Å². The van der Waals surface area contributed by atoms with Gasteiger partial charge < -0.3 is 24.6 Å². The molecular weight excluding hydrogens is 306 g/mol. The lowest BCUT2D eigenvalue weighted by Gasteiger charge is -2.33. The first-order chi connectivity index (χ1) is 11.7. The van der Waals surface area contributed by atoms with Crippen LogP contribution in [-0.2, 0) is 9.53 Å². The second-order valence-electron chi connectivity index (χ2n) is 6.55. The maximum Gasteiger partial charge on any atom is 0.275 e. The monoisotopic (exact) mass is 334 g/mol. The molecule has 6 heteroatoms. The summed E-state index contributed by atoms with van der Waals surface area (Å²) in [7, 11) is 1.69. The second kappa shape index (κ2) is 8.35. The summed E-state index contributed by atoms with van der Waals surface area (Å²) in [6, 6.07) is 8.16. The standard InChI is InChI=1S/C18H27N3O3/c1-23-16-5-2-4-15(12-16)21-9-7-20(8-10-21)14-18(22)19-13-17-6-3-11-24-17/h2,4-5,12,17H,3,6-11,13-14H2,1H3,(H,19,22)/p+1/t17-/m0/s1. The van der Waals surface area contributed by atoms with Crippen LogP contribution < -0.4 is 19.9 Å². The Bertz CT molecular complexity index is 538. The van der Waals surface area contributed by atoms with E-state index in [0.29, 0.717) is 13.1 Å². The molecule has 6 nitrogen and oxygen atoms in total. The highest BCUT2D eigenvalue weighted by Gasteiger charge is 2.23. The van der Waals surface area contributed by atoms with E-state index in [2.05, 4.69) is 22.3 Å². The highest BCUT2D eigenvalue weighted by atomic mass is 16.5. The molecule has 0 bridgehead atoms. The van der Waals surface area contributed by atoms with Crippen LogP contribution in [0.1, 0.15) is 12.8 Å². The van der Waals surface area contributed by atoms with Gasteiger partial charge in [-0.15, -0.1) is 0 Å². The van der Waals surface area contributed by atoms with Gasteiger partial charge in [0.15, 0.2) is 6.54 Å². The lowest BCUT2D eigenvalue weighted by molar-refractivity contribution is -0.892. The lowest BCUT2D eigenvalue weighted by Crippen LogP contribution is -3.16. The normalized spacial score (nSPS) is 21.7. The number of carbonyl (C=O) groups is 1. The zero-order valence-electron chi connectivity index (χ0n) is 14.4. The number of ether oxygens (including phenoxy) is 2. The minimum Gasteiger partial charge on any atom is -0.497 e. The molecule has 0 unspecified atom stereocenters. The molecule has 0 aromatic heterocycles. The van der Waals surface area contributed by atoms with Crippen LogP contribution in [0.25, 0.3) is 0 Å². The van der Waals surface area contributed by atoms with E-state index >= 15 is 0 Å². The molecule has 2 heterocycles. The quantitative estimate of drug-likeness (QED) is 0.750. The topological polar surface area (TPSA) is 55.2 Å². The van der Waals surface area contributed by atoms with E-state index in [1.165, 1.54) is 10.6 Å². The van der Waals surface area contributed by atoms with Crippen molar-refractivity contribution in [1.82, 2.24) is 5.32 Å². The first-order valence-corrected chi connectivity index (χ1v) is 8.85. The summed E-state index contributed by atoms with van der Waals surface area (Å²) in [6.45, 7) is 5.91. The summed E-state index contributed by atoms with van der Waals surface area (Å²) in [6.07, 6.45) is 2.39. The van der Waals surface area contributed by atoms with Crippen molar-refractivity contribution in [2.24, 2.45) is 0 Å². The number of hydrogen-bond acceptors (Lipinski definition) is 4. The zero-order valence-corrected chi connectivity index (χ0v) is 14.4. The Labute approximate surface area is 143 Å². The molecule has 1 atom stereocenters. The summed E-state index contributed by atoms with van der Waals surface area (Å²) in [5.41, 5.74) is 1.19. The third-order valence-electron chi connectivity index (χ3n) is 4.85. The Morgan fingerprint density at radius 1 is 1.42 bits per heavy atom. The summed E-state index contributed by atoms with van der Waals surface area (Å²) in [4.78, 5) is 15.8. The van der Waals surface area contributed by atoms with Crippen LogP contribution in [0, 0.1) is 0 Å². The smallest absolute Gasteiger partial charge is 0.275 e. The molecule has 3 rings (SSSR count). The Morgan fingerprint density at radius 2 is 2.25 bits per heavy atom. The van der Waals surface area contributed by atoms with Gasteiger partial charge in [-0.25, -0.2) is 0 Å². The molecule has 132 valence electrons. The van der Waals surface area contributed by atoms with E-state index in [0.717, 1.165) is 51.4 Å². The molecule has 0 aliphatic carbocycles. The number of carbonyl (C=O) groups excluding carboxylic acids is 1. The molecule has 2 N–H and O–H groups in total. The fraction of sp³-hybridized carbons (Fsp3) is 0.611. The van der Waals surface area contributed by atoms with E-state index < -0.39 is 0 Å². The van der Waals surface area contributed by atoms with Gasteiger partial charge in [0, 0.05) is 24.9 Å². The number of anilines is 1. The average molecular weight is 334 g/mol. The number of nitrogens with zero attached hydrogens (tertiary/aromatic N) is 1. The Kier molecular flexibility index (Phi) is 5.93. The van der Waals surface area contributed by atoms with Gasteiger partial charge in [-0.05, 0) is 25.0 Å². The number of quaternary nitrogens is 1. The molecule has 24 heavy (non-hydrogen) atoms. The van der Waals surface area contributed by atoms with Crippen molar-refractivity contribution in [3.63, 3.8) is 0 Å². The van der Waals surface area contributed by atoms with Crippen LogP contribution in [0.15, 0.2) is 24.3 Å². The number of piperazine rings is 1. The number of rotatable bonds is 6. The summed E-state index contributed by atoms with van der Waals surface area (Å²) in [5.74, 6) is 1.02. The van der Waals surface area contributed by atoms with Gasteiger partial charge in [-0.2, -0.15) is 0 Å². The van der Waals surface area contributed by atoms with Crippen molar-refractivity contribution in [2.45, 2.75) is 18.9 Å². The third kappa shape index (κ3) is 4.61. The SMILES string of the molecule is COc1cccc(N2CC[NH+](CC(=O)NC[C@@H]3CCCO3)CC2)c1. The molecule has 2 aliphatic heterocycles. The molecule has 1 aromatic carbocycles. The first-order valence-electron chi connectivity index (χ1n) is 8.85. The molecule has 0 spiro atoms. The molecule has 1 amide bonds. The summed E-state index contributed by atoms with van der Waals surface area (Å²) in [5, 5.41) is 3.01. The molecule has 0 radical (unpaired) electrons. The van der Waals surface area contributed by atoms with Crippen LogP contribution in [0.5, 0.6) is 5.75 Å². The zero-order chi connectivity index (χ0) is 16.8. The highest BCUT2D eigenvalue weighted by Crippen LogP contribution is 2.20. The third-order valence-corrected chi connectivity index (χ3v) is 4.85. The van der Waals surface area contributed by atoms with Crippen LogP contribution in [0.4, 0.5) is 5.69 Å². The highest BCUT2D eigenvalue weighted by molar-refractivity contribution is 5.76. The number of benzene rings is 1. The number of hydrogen-bond donors (Lipinski definition) is 2. The van der Waals surface area contributed by atoms with Crippen LogP contribution in [0.3, 0.4) is 0 Å². The van der Waals surface area contributed by atoms with Crippen molar-refractivity contribution < 1.29 is 19.2 Å². The predicted molar refractivity (Wildman–Crippen MR) is 92.8 cm³/mol. The maximum absolute atomic E-state index is 12.1. The molecule has 2 saturated heterocycles. The molecular formula is C18H28N3O3+. The van der Waals surface area contributed by atoms with Gasteiger partial charge in [-0.3, -0.25) is 4.79 Å². The van der Waals surface area contributed by atoms with Gasteiger partial charge in [0.1, 0.15) is 5.75 Å². The summed E-state index contributed by atoms with van der Waals surface area (Å²) < 4.78 is 10.8. The van der Waals surface area contributed by atoms with E-state index in [9.17, 15) is 4.79 Å². The molecule has 2 fully saturated rings. The van der Waals surface area contributed by atoms with Crippen molar-refractivity contribution in [3.8, 4) is 5.75 Å². The minimum absolute atomic E-state index is 0.135. The predicted octanol–water partition coefficient (Wildman–Crippen LogP) is -0.305. The van der Waals surface area contributed by atoms with E-state index in [4.69, 9.17) is 9.47 Å². The van der Waals surface area contributed by atoms with Crippen molar-refractivity contribution in [3.05, 3.63) is 24.3 Å². The fourth-order valence-corrected chi connectivity index (χ4v) is 3.39. The van der Waals surface area contributed by atoms with Crippen LogP contribution >= 0.6 is 0 Å². The van der Waals surface area contributed by atoms with Gasteiger partial charge in [0.2, 0.25) is 0 Å². The van der Waals surface area contributed by atoms with Gasteiger partial charge >= 0.3 is 0 Å². The first kappa shape index (κ1) is 17.0. The van der Waals surface area contributed by atoms with E-state index in [1.807, 2.05) is 12.1 Å². The second-order valence-corrected chi connectivity index (χ2v) is 6.55. The van der Waals surface area contributed by atoms with E-state index in [-0.39, 0.29) is 12.0 Å². The van der Waals surface area contributed by atoms with Gasteiger partial charge in [-0.1, -0.05) is 6.07 Å².